The summed E-state index contributed by atoms with van der Waals surface area (Å²) >= 11 is 4.19. The summed E-state index contributed by atoms with van der Waals surface area (Å²) in [5.74, 6) is -1.16. The molecule has 1 aromatic carbocycles. The van der Waals surface area contributed by atoms with Gasteiger partial charge in [-0.2, -0.15) is 0 Å². The monoisotopic (exact) mass is 375 g/mol. The van der Waals surface area contributed by atoms with Crippen LogP contribution in [0.2, 0.25) is 0 Å². The number of aryl methyl sites for hydroxylation is 1. The smallest absolute Gasteiger partial charge is 0.348 e. The molecule has 0 amide bonds. The Balaban J connectivity index is 2.44. The maximum absolute atomic E-state index is 12.3. The van der Waals surface area contributed by atoms with Crippen LogP contribution in [-0.2, 0) is 10.0 Å². The lowest BCUT2D eigenvalue weighted by Gasteiger charge is -2.09. The third kappa shape index (κ3) is 3.02. The lowest BCUT2D eigenvalue weighted by atomic mass is 10.3. The van der Waals surface area contributed by atoms with E-state index in [-0.39, 0.29) is 15.5 Å². The quantitative estimate of drug-likeness (QED) is 0.858. The van der Waals surface area contributed by atoms with E-state index in [4.69, 9.17) is 5.11 Å². The van der Waals surface area contributed by atoms with E-state index < -0.39 is 16.0 Å². The van der Waals surface area contributed by atoms with Crippen molar-refractivity contribution in [3.05, 3.63) is 44.6 Å². The Kier molecular flexibility index (Phi) is 4.17. The van der Waals surface area contributed by atoms with Crippen molar-refractivity contribution >= 4 is 48.9 Å². The molecule has 0 atom stereocenters. The number of anilines is 1. The summed E-state index contributed by atoms with van der Waals surface area (Å²) in [4.78, 5) is 11.1. The fraction of sp³-hybridized carbons (Fsp3) is 0.0833. The van der Waals surface area contributed by atoms with E-state index in [2.05, 4.69) is 20.7 Å². The van der Waals surface area contributed by atoms with Crippen LogP contribution in [0.4, 0.5) is 5.69 Å². The Morgan fingerprint density at radius 3 is 2.70 bits per heavy atom. The van der Waals surface area contributed by atoms with Gasteiger partial charge in [-0.1, -0.05) is 22.0 Å². The van der Waals surface area contributed by atoms with Gasteiger partial charge in [-0.25, -0.2) is 13.2 Å². The molecule has 0 saturated carbocycles. The van der Waals surface area contributed by atoms with Gasteiger partial charge in [-0.3, -0.25) is 4.72 Å². The van der Waals surface area contributed by atoms with Gasteiger partial charge in [0.05, 0.1) is 10.6 Å². The predicted octanol–water partition coefficient (Wildman–Crippen LogP) is 3.32. The van der Waals surface area contributed by atoms with Crippen molar-refractivity contribution in [3.63, 3.8) is 0 Å². The van der Waals surface area contributed by atoms with Gasteiger partial charge in [0, 0.05) is 4.47 Å². The molecule has 0 fully saturated rings. The van der Waals surface area contributed by atoms with Crippen molar-refractivity contribution < 1.29 is 18.3 Å². The Hall–Kier alpha value is -1.38. The number of hydrogen-bond donors (Lipinski definition) is 2. The van der Waals surface area contributed by atoms with Crippen LogP contribution >= 0.6 is 27.3 Å². The molecular formula is C12H10BrNO4S2. The highest BCUT2D eigenvalue weighted by molar-refractivity contribution is 9.10. The molecule has 1 aromatic heterocycles. The maximum Gasteiger partial charge on any atom is 0.348 e. The zero-order valence-corrected chi connectivity index (χ0v) is 13.5. The van der Waals surface area contributed by atoms with Crippen LogP contribution in [-0.4, -0.2) is 19.5 Å². The van der Waals surface area contributed by atoms with Crippen molar-refractivity contribution in [2.45, 2.75) is 11.8 Å². The molecule has 0 aliphatic rings. The predicted molar refractivity (Wildman–Crippen MR) is 81.0 cm³/mol. The van der Waals surface area contributed by atoms with Crippen molar-refractivity contribution in [1.29, 1.82) is 0 Å². The van der Waals surface area contributed by atoms with Gasteiger partial charge in [-0.15, -0.1) is 11.3 Å². The molecule has 2 N–H and O–H groups in total. The third-order valence-corrected chi connectivity index (χ3v) is 5.44. The molecule has 0 aliphatic carbocycles. The second-order valence-electron chi connectivity index (χ2n) is 3.99. The largest absolute Gasteiger partial charge is 0.477 e. The van der Waals surface area contributed by atoms with Gasteiger partial charge in [-0.05, 0) is 36.1 Å². The second kappa shape index (κ2) is 5.55. The fourth-order valence-corrected chi connectivity index (χ4v) is 4.20. The van der Waals surface area contributed by atoms with Crippen LogP contribution in [0.3, 0.4) is 0 Å². The lowest BCUT2D eigenvalue weighted by Crippen LogP contribution is -2.15. The highest BCUT2D eigenvalue weighted by Gasteiger charge is 2.21. The molecular weight excluding hydrogens is 366 g/mol. The SMILES string of the molecule is Cc1csc(C(=O)O)c1NS(=O)(=O)c1cccc(Br)c1. The van der Waals surface area contributed by atoms with E-state index in [0.717, 1.165) is 11.3 Å². The number of carbonyl (C=O) groups is 1. The summed E-state index contributed by atoms with van der Waals surface area (Å²) in [6.45, 7) is 1.65. The van der Waals surface area contributed by atoms with Gasteiger partial charge in [0.25, 0.3) is 10.0 Å². The molecule has 2 rings (SSSR count). The summed E-state index contributed by atoms with van der Waals surface area (Å²) in [7, 11) is -3.82. The zero-order chi connectivity index (χ0) is 14.9. The standard InChI is InChI=1S/C12H10BrNO4S2/c1-7-6-19-11(12(15)16)10(7)14-20(17,18)9-4-2-3-8(13)5-9/h2-6,14H,1H3,(H,15,16). The van der Waals surface area contributed by atoms with Gasteiger partial charge >= 0.3 is 5.97 Å². The molecule has 8 heteroatoms. The first-order valence-corrected chi connectivity index (χ1v) is 8.56. The van der Waals surface area contributed by atoms with E-state index in [9.17, 15) is 13.2 Å². The first-order valence-electron chi connectivity index (χ1n) is 5.41. The molecule has 5 nitrogen and oxygen atoms in total. The van der Waals surface area contributed by atoms with E-state index in [1.54, 1.807) is 24.4 Å². The second-order valence-corrected chi connectivity index (χ2v) is 7.47. The first-order chi connectivity index (χ1) is 9.31. The average molecular weight is 376 g/mol. The number of carboxylic acid groups (broad SMARTS) is 1. The molecule has 2 aromatic rings. The van der Waals surface area contributed by atoms with Gasteiger partial charge in [0.1, 0.15) is 4.88 Å². The Labute approximate surface area is 128 Å². The average Bonchev–Trinajstić information content (AvgIpc) is 2.71. The van der Waals surface area contributed by atoms with E-state index >= 15 is 0 Å². The molecule has 0 aliphatic heterocycles. The molecule has 0 radical (unpaired) electrons. The zero-order valence-electron chi connectivity index (χ0n) is 10.3. The van der Waals surface area contributed by atoms with Gasteiger partial charge in [0.15, 0.2) is 0 Å². The lowest BCUT2D eigenvalue weighted by molar-refractivity contribution is 0.0703. The van der Waals surface area contributed by atoms with Crippen molar-refractivity contribution in [2.24, 2.45) is 0 Å². The first kappa shape index (κ1) is 15.0. The van der Waals surface area contributed by atoms with Crippen LogP contribution in [0.5, 0.6) is 0 Å². The third-order valence-electron chi connectivity index (χ3n) is 2.51. The van der Waals surface area contributed by atoms with Crippen molar-refractivity contribution in [1.82, 2.24) is 0 Å². The van der Waals surface area contributed by atoms with E-state index in [1.165, 1.54) is 12.1 Å². The highest BCUT2D eigenvalue weighted by Crippen LogP contribution is 2.30. The summed E-state index contributed by atoms with van der Waals surface area (Å²) in [5, 5.41) is 10.7. The fourth-order valence-electron chi connectivity index (χ4n) is 1.56. The molecule has 1 heterocycles. The Bertz CT molecular complexity index is 768. The summed E-state index contributed by atoms with van der Waals surface area (Å²) in [6.07, 6.45) is 0. The normalized spacial score (nSPS) is 11.3. The van der Waals surface area contributed by atoms with Crippen molar-refractivity contribution in [3.8, 4) is 0 Å². The van der Waals surface area contributed by atoms with Crippen LogP contribution < -0.4 is 4.72 Å². The van der Waals surface area contributed by atoms with Crippen LogP contribution in [0.25, 0.3) is 0 Å². The Morgan fingerprint density at radius 2 is 2.10 bits per heavy atom. The highest BCUT2D eigenvalue weighted by atomic mass is 79.9. The van der Waals surface area contributed by atoms with E-state index in [1.807, 2.05) is 0 Å². The molecule has 106 valence electrons. The van der Waals surface area contributed by atoms with E-state index in [0.29, 0.717) is 10.0 Å². The molecule has 0 saturated heterocycles. The minimum atomic E-state index is -3.82. The summed E-state index contributed by atoms with van der Waals surface area (Å²) < 4.78 is 27.5. The number of benzene rings is 1. The number of sulfonamides is 1. The number of rotatable bonds is 4. The van der Waals surface area contributed by atoms with Crippen LogP contribution in [0, 0.1) is 6.92 Å². The molecule has 0 spiro atoms. The number of hydrogen-bond acceptors (Lipinski definition) is 4. The molecule has 0 unspecified atom stereocenters. The minimum Gasteiger partial charge on any atom is -0.477 e. The van der Waals surface area contributed by atoms with Gasteiger partial charge < -0.3 is 5.11 Å². The number of halogens is 1. The summed E-state index contributed by atoms with van der Waals surface area (Å²) in [6, 6.07) is 6.19. The maximum atomic E-state index is 12.3. The van der Waals surface area contributed by atoms with Crippen molar-refractivity contribution in [2.75, 3.05) is 4.72 Å². The number of nitrogens with one attached hydrogen (secondary N) is 1. The van der Waals surface area contributed by atoms with Gasteiger partial charge in [0.2, 0.25) is 0 Å². The van der Waals surface area contributed by atoms with Crippen LogP contribution in [0.15, 0.2) is 39.0 Å². The molecule has 20 heavy (non-hydrogen) atoms. The number of thiophene rings is 1. The summed E-state index contributed by atoms with van der Waals surface area (Å²) in [5.41, 5.74) is 0.688. The number of carboxylic acids is 1. The minimum absolute atomic E-state index is 0.0268. The Morgan fingerprint density at radius 1 is 1.40 bits per heavy atom. The molecule has 0 bridgehead atoms. The topological polar surface area (TPSA) is 83.5 Å². The van der Waals surface area contributed by atoms with Crippen LogP contribution in [0.1, 0.15) is 15.2 Å². The number of aromatic carboxylic acids is 1.